The van der Waals surface area contributed by atoms with Gasteiger partial charge in [0.2, 0.25) is 5.91 Å². The van der Waals surface area contributed by atoms with Crippen LogP contribution in [-0.4, -0.2) is 23.1 Å². The summed E-state index contributed by atoms with van der Waals surface area (Å²) in [5, 5.41) is 0. The van der Waals surface area contributed by atoms with E-state index >= 15 is 0 Å². The molecule has 4 heteroatoms. The number of nitrogens with zero attached hydrogens (tertiary/aromatic N) is 1. The van der Waals surface area contributed by atoms with E-state index in [4.69, 9.17) is 4.74 Å². The Morgan fingerprint density at radius 3 is 2.40 bits per heavy atom. The number of hydrogen-bond acceptors (Lipinski definition) is 3. The standard InChI is InChI=1S/C16H17NO3/c1-4-20-16(19)14-10-11(2)15(17(14)12(3)18)13-8-6-5-7-9-13/h5-10H,4H2,1-3H3. The summed E-state index contributed by atoms with van der Waals surface area (Å²) >= 11 is 0. The molecule has 2 rings (SSSR count). The van der Waals surface area contributed by atoms with E-state index < -0.39 is 5.97 Å². The highest BCUT2D eigenvalue weighted by molar-refractivity contribution is 5.97. The van der Waals surface area contributed by atoms with Crippen LogP contribution < -0.4 is 0 Å². The number of benzene rings is 1. The van der Waals surface area contributed by atoms with Crippen molar-refractivity contribution in [3.8, 4) is 11.3 Å². The molecule has 0 bridgehead atoms. The van der Waals surface area contributed by atoms with Crippen molar-refractivity contribution in [3.05, 3.63) is 47.7 Å². The summed E-state index contributed by atoms with van der Waals surface area (Å²) in [6.45, 7) is 5.34. The SMILES string of the molecule is CCOC(=O)c1cc(C)c(-c2ccccc2)n1C(C)=O. The molecule has 0 aliphatic rings. The van der Waals surface area contributed by atoms with Crippen molar-refractivity contribution in [2.45, 2.75) is 20.8 Å². The van der Waals surface area contributed by atoms with Crippen LogP contribution in [0.25, 0.3) is 11.3 Å². The number of esters is 1. The molecule has 20 heavy (non-hydrogen) atoms. The fraction of sp³-hybridized carbons (Fsp3) is 0.250. The van der Waals surface area contributed by atoms with Crippen LogP contribution in [0.2, 0.25) is 0 Å². The van der Waals surface area contributed by atoms with E-state index in [1.807, 2.05) is 37.3 Å². The van der Waals surface area contributed by atoms with E-state index in [0.29, 0.717) is 0 Å². The van der Waals surface area contributed by atoms with Crippen LogP contribution in [0.4, 0.5) is 0 Å². The number of rotatable bonds is 3. The largest absolute Gasteiger partial charge is 0.461 e. The minimum absolute atomic E-state index is 0.208. The van der Waals surface area contributed by atoms with Gasteiger partial charge in [-0.15, -0.1) is 0 Å². The van der Waals surface area contributed by atoms with Crippen molar-refractivity contribution in [2.75, 3.05) is 6.61 Å². The number of carbonyl (C=O) groups excluding carboxylic acids is 2. The first-order valence-electron chi connectivity index (χ1n) is 6.52. The van der Waals surface area contributed by atoms with Crippen LogP contribution in [0.1, 0.15) is 34.7 Å². The first kappa shape index (κ1) is 14.1. The normalized spacial score (nSPS) is 10.3. The minimum Gasteiger partial charge on any atom is -0.461 e. The lowest BCUT2D eigenvalue weighted by Gasteiger charge is -2.10. The van der Waals surface area contributed by atoms with Crippen molar-refractivity contribution < 1.29 is 14.3 Å². The Morgan fingerprint density at radius 1 is 1.20 bits per heavy atom. The minimum atomic E-state index is -0.479. The van der Waals surface area contributed by atoms with E-state index in [-0.39, 0.29) is 18.2 Å². The molecule has 0 unspecified atom stereocenters. The molecule has 0 N–H and O–H groups in total. The summed E-state index contributed by atoms with van der Waals surface area (Å²) in [4.78, 5) is 23.9. The van der Waals surface area contributed by atoms with Crippen LogP contribution in [0.5, 0.6) is 0 Å². The van der Waals surface area contributed by atoms with Gasteiger partial charge in [-0.25, -0.2) is 4.79 Å². The molecule has 1 heterocycles. The third-order valence-corrected chi connectivity index (χ3v) is 3.04. The third kappa shape index (κ3) is 2.50. The van der Waals surface area contributed by atoms with E-state index in [0.717, 1.165) is 16.8 Å². The molecule has 0 fully saturated rings. The Kier molecular flexibility index (Phi) is 4.03. The molecule has 0 spiro atoms. The number of ether oxygens (including phenoxy) is 1. The van der Waals surface area contributed by atoms with Crippen LogP contribution in [0.3, 0.4) is 0 Å². The van der Waals surface area contributed by atoms with Gasteiger partial charge in [0, 0.05) is 6.92 Å². The lowest BCUT2D eigenvalue weighted by atomic mass is 10.1. The summed E-state index contributed by atoms with van der Waals surface area (Å²) in [6.07, 6.45) is 0. The lowest BCUT2D eigenvalue weighted by Crippen LogP contribution is -2.17. The molecule has 0 radical (unpaired) electrons. The zero-order chi connectivity index (χ0) is 14.7. The molecule has 0 saturated carbocycles. The summed E-state index contributed by atoms with van der Waals surface area (Å²) in [5.74, 6) is -0.687. The first-order chi connectivity index (χ1) is 9.56. The molecule has 2 aromatic rings. The molecule has 0 atom stereocenters. The van der Waals surface area contributed by atoms with E-state index in [1.165, 1.54) is 11.5 Å². The number of hydrogen-bond donors (Lipinski definition) is 0. The summed E-state index contributed by atoms with van der Waals surface area (Å²) in [5.41, 5.74) is 2.78. The van der Waals surface area contributed by atoms with E-state index in [1.54, 1.807) is 13.0 Å². The maximum atomic E-state index is 12.0. The Bertz CT molecular complexity index is 641. The number of aromatic nitrogens is 1. The fourth-order valence-corrected chi connectivity index (χ4v) is 2.27. The van der Waals surface area contributed by atoms with Crippen LogP contribution in [-0.2, 0) is 4.74 Å². The Balaban J connectivity index is 2.64. The molecule has 104 valence electrons. The van der Waals surface area contributed by atoms with Gasteiger partial charge in [-0.2, -0.15) is 0 Å². The highest BCUT2D eigenvalue weighted by Crippen LogP contribution is 2.27. The Morgan fingerprint density at radius 2 is 1.85 bits per heavy atom. The zero-order valence-corrected chi connectivity index (χ0v) is 11.8. The predicted molar refractivity (Wildman–Crippen MR) is 76.9 cm³/mol. The van der Waals surface area contributed by atoms with Crippen molar-refractivity contribution in [1.82, 2.24) is 4.57 Å². The number of carbonyl (C=O) groups is 2. The Hall–Kier alpha value is -2.36. The molecule has 0 amide bonds. The first-order valence-corrected chi connectivity index (χ1v) is 6.52. The van der Waals surface area contributed by atoms with Gasteiger partial charge in [0.05, 0.1) is 12.3 Å². The maximum Gasteiger partial charge on any atom is 0.355 e. The van der Waals surface area contributed by atoms with E-state index in [2.05, 4.69) is 0 Å². The average molecular weight is 271 g/mol. The van der Waals surface area contributed by atoms with Gasteiger partial charge in [-0.1, -0.05) is 30.3 Å². The van der Waals surface area contributed by atoms with Gasteiger partial charge in [-0.3, -0.25) is 9.36 Å². The summed E-state index contributed by atoms with van der Waals surface area (Å²) in [7, 11) is 0. The topological polar surface area (TPSA) is 48.3 Å². The van der Waals surface area contributed by atoms with E-state index in [9.17, 15) is 9.59 Å². The monoisotopic (exact) mass is 271 g/mol. The molecule has 0 aliphatic heterocycles. The molecule has 1 aromatic carbocycles. The van der Waals surface area contributed by atoms with Gasteiger partial charge in [0.1, 0.15) is 5.69 Å². The smallest absolute Gasteiger partial charge is 0.355 e. The molecule has 4 nitrogen and oxygen atoms in total. The van der Waals surface area contributed by atoms with Crippen LogP contribution in [0, 0.1) is 6.92 Å². The van der Waals surface area contributed by atoms with Crippen LogP contribution in [0.15, 0.2) is 36.4 Å². The van der Waals surface area contributed by atoms with Crippen molar-refractivity contribution in [2.24, 2.45) is 0 Å². The second kappa shape index (κ2) is 5.74. The predicted octanol–water partition coefficient (Wildman–Crippen LogP) is 3.30. The lowest BCUT2D eigenvalue weighted by molar-refractivity contribution is 0.0509. The maximum absolute atomic E-state index is 12.0. The highest BCUT2D eigenvalue weighted by Gasteiger charge is 2.22. The quantitative estimate of drug-likeness (QED) is 0.805. The fourth-order valence-electron chi connectivity index (χ4n) is 2.27. The van der Waals surface area contributed by atoms with Gasteiger partial charge < -0.3 is 4.74 Å². The third-order valence-electron chi connectivity index (χ3n) is 3.04. The highest BCUT2D eigenvalue weighted by atomic mass is 16.5. The van der Waals surface area contributed by atoms with Gasteiger partial charge in [-0.05, 0) is 31.0 Å². The molecule has 0 aliphatic carbocycles. The van der Waals surface area contributed by atoms with Crippen molar-refractivity contribution in [1.29, 1.82) is 0 Å². The van der Waals surface area contributed by atoms with Crippen molar-refractivity contribution in [3.63, 3.8) is 0 Å². The summed E-state index contributed by atoms with van der Waals surface area (Å²) < 4.78 is 6.43. The zero-order valence-electron chi connectivity index (χ0n) is 11.8. The Labute approximate surface area is 118 Å². The second-order valence-corrected chi connectivity index (χ2v) is 4.50. The number of aryl methyl sites for hydroxylation is 1. The molecule has 0 saturated heterocycles. The molecular weight excluding hydrogens is 254 g/mol. The van der Waals surface area contributed by atoms with Gasteiger partial charge >= 0.3 is 5.97 Å². The summed E-state index contributed by atoms with van der Waals surface area (Å²) in [6, 6.07) is 11.2. The second-order valence-electron chi connectivity index (χ2n) is 4.50. The van der Waals surface area contributed by atoms with Crippen molar-refractivity contribution >= 4 is 11.9 Å². The van der Waals surface area contributed by atoms with Gasteiger partial charge in [0.25, 0.3) is 0 Å². The molecular formula is C16H17NO3. The van der Waals surface area contributed by atoms with Gasteiger partial charge in [0.15, 0.2) is 0 Å². The van der Waals surface area contributed by atoms with Crippen LogP contribution >= 0.6 is 0 Å². The average Bonchev–Trinajstić information content (AvgIpc) is 2.78. The molecule has 1 aromatic heterocycles.